The maximum atomic E-state index is 10.8. The fourth-order valence-electron chi connectivity index (χ4n) is 2.32. The van der Waals surface area contributed by atoms with Crippen molar-refractivity contribution in [3.63, 3.8) is 0 Å². The Balaban J connectivity index is 3.08. The Morgan fingerprint density at radius 1 is 1.13 bits per heavy atom. The molecule has 0 aromatic rings. The van der Waals surface area contributed by atoms with Gasteiger partial charge < -0.3 is 29.0 Å². The van der Waals surface area contributed by atoms with Crippen LogP contribution in [0.1, 0.15) is 13.8 Å². The number of ether oxygens (including phenoxy) is 5. The summed E-state index contributed by atoms with van der Waals surface area (Å²) in [5, 5.41) is 2.86. The van der Waals surface area contributed by atoms with E-state index in [1.165, 1.54) is 6.20 Å². The first-order chi connectivity index (χ1) is 11.1. The fraction of sp³-hybridized carbons (Fsp3) is 0.643. The van der Waals surface area contributed by atoms with Crippen LogP contribution in [0.25, 0.3) is 0 Å². The summed E-state index contributed by atoms with van der Waals surface area (Å²) in [6, 6.07) is -0.669. The molecule has 1 rings (SSSR count). The number of hydrogen-bond donors (Lipinski definition) is 1. The average molecular weight is 331 g/mol. The van der Waals surface area contributed by atoms with Crippen molar-refractivity contribution in [1.29, 1.82) is 0 Å². The monoisotopic (exact) mass is 331 g/mol. The molecule has 0 aromatic carbocycles. The van der Waals surface area contributed by atoms with Crippen molar-refractivity contribution in [3.05, 3.63) is 12.8 Å². The van der Waals surface area contributed by atoms with Crippen molar-refractivity contribution in [2.75, 3.05) is 6.61 Å². The van der Waals surface area contributed by atoms with Crippen LogP contribution in [0.15, 0.2) is 12.8 Å². The van der Waals surface area contributed by atoms with E-state index < -0.39 is 30.6 Å². The van der Waals surface area contributed by atoms with E-state index in [0.717, 1.165) is 0 Å². The van der Waals surface area contributed by atoms with Gasteiger partial charge in [-0.2, -0.15) is 0 Å². The van der Waals surface area contributed by atoms with E-state index in [1.807, 2.05) is 0 Å². The molecule has 1 aliphatic heterocycles. The summed E-state index contributed by atoms with van der Waals surface area (Å²) in [5.74, 6) is 0. The zero-order valence-corrected chi connectivity index (χ0v) is 13.0. The average Bonchev–Trinajstić information content (AvgIpc) is 2.51. The minimum atomic E-state index is -0.984. The molecule has 9 heteroatoms. The van der Waals surface area contributed by atoms with E-state index >= 15 is 0 Å². The second-order valence-electron chi connectivity index (χ2n) is 4.95. The van der Waals surface area contributed by atoms with Gasteiger partial charge in [0.2, 0.25) is 0 Å². The van der Waals surface area contributed by atoms with E-state index in [-0.39, 0.29) is 32.1 Å². The molecule has 1 unspecified atom stereocenters. The van der Waals surface area contributed by atoms with Crippen molar-refractivity contribution in [2.24, 2.45) is 0 Å². The van der Waals surface area contributed by atoms with Gasteiger partial charge >= 0.3 is 0 Å². The van der Waals surface area contributed by atoms with Crippen LogP contribution in [-0.4, -0.2) is 62.8 Å². The standard InChI is InChI=1S/C14H21NO8/c1-4-15-11-13(21-8-18)12(20-7-17)10(5-19-6-16)23-14(11)22-9(2)3/h4,6-15H,1,5H2,2-3H3/t10-,11-,12-,13-,14?/m1/s1. The first-order valence-corrected chi connectivity index (χ1v) is 7.00. The first-order valence-electron chi connectivity index (χ1n) is 7.00. The van der Waals surface area contributed by atoms with E-state index in [4.69, 9.17) is 18.9 Å². The zero-order chi connectivity index (χ0) is 17.2. The number of hydrogen-bond acceptors (Lipinski definition) is 9. The van der Waals surface area contributed by atoms with E-state index in [2.05, 4.69) is 16.6 Å². The highest BCUT2D eigenvalue weighted by molar-refractivity contribution is 5.40. The Labute approximate surface area is 133 Å². The molecule has 0 amide bonds. The van der Waals surface area contributed by atoms with Gasteiger partial charge in [-0.15, -0.1) is 0 Å². The first kappa shape index (κ1) is 18.9. The highest BCUT2D eigenvalue weighted by Gasteiger charge is 2.49. The predicted molar refractivity (Wildman–Crippen MR) is 75.9 cm³/mol. The molecule has 1 saturated heterocycles. The zero-order valence-electron chi connectivity index (χ0n) is 13.0. The number of rotatable bonds is 11. The summed E-state index contributed by atoms with van der Waals surface area (Å²) in [6.45, 7) is 7.64. The van der Waals surface area contributed by atoms with Crippen molar-refractivity contribution >= 4 is 19.4 Å². The Morgan fingerprint density at radius 2 is 1.78 bits per heavy atom. The van der Waals surface area contributed by atoms with E-state index in [9.17, 15) is 14.4 Å². The van der Waals surface area contributed by atoms with Gasteiger partial charge in [0.1, 0.15) is 18.8 Å². The molecule has 1 aliphatic rings. The second-order valence-corrected chi connectivity index (χ2v) is 4.95. The van der Waals surface area contributed by atoms with Gasteiger partial charge in [0.05, 0.1) is 6.10 Å². The summed E-state index contributed by atoms with van der Waals surface area (Å²) in [6.07, 6.45) is -2.42. The summed E-state index contributed by atoms with van der Waals surface area (Å²) in [5.41, 5.74) is 0. The lowest BCUT2D eigenvalue weighted by atomic mass is 9.96. The molecule has 9 nitrogen and oxygen atoms in total. The molecule has 0 radical (unpaired) electrons. The third kappa shape index (κ3) is 5.22. The van der Waals surface area contributed by atoms with E-state index in [1.54, 1.807) is 13.8 Å². The van der Waals surface area contributed by atoms with Crippen LogP contribution in [0.5, 0.6) is 0 Å². The molecule has 1 fully saturated rings. The summed E-state index contributed by atoms with van der Waals surface area (Å²) < 4.78 is 26.1. The summed E-state index contributed by atoms with van der Waals surface area (Å²) in [4.78, 5) is 32.0. The van der Waals surface area contributed by atoms with Gasteiger partial charge in [-0.3, -0.25) is 14.4 Å². The lowest BCUT2D eigenvalue weighted by Crippen LogP contribution is -2.64. The maximum absolute atomic E-state index is 10.8. The van der Waals surface area contributed by atoms with Crippen LogP contribution in [0.3, 0.4) is 0 Å². The Bertz CT molecular complexity index is 402. The minimum Gasteiger partial charge on any atom is -0.465 e. The number of nitrogens with one attached hydrogen (secondary N) is 1. The summed E-state index contributed by atoms with van der Waals surface area (Å²) >= 11 is 0. The maximum Gasteiger partial charge on any atom is 0.293 e. The van der Waals surface area contributed by atoms with Gasteiger partial charge in [0, 0.05) is 0 Å². The highest BCUT2D eigenvalue weighted by atomic mass is 16.7. The lowest BCUT2D eigenvalue weighted by Gasteiger charge is -2.44. The molecule has 0 spiro atoms. The largest absolute Gasteiger partial charge is 0.465 e. The van der Waals surface area contributed by atoms with Crippen LogP contribution in [0.2, 0.25) is 0 Å². The third-order valence-electron chi connectivity index (χ3n) is 3.12. The molecule has 130 valence electrons. The van der Waals surface area contributed by atoms with Crippen molar-refractivity contribution in [2.45, 2.75) is 50.6 Å². The van der Waals surface area contributed by atoms with Gasteiger partial charge in [-0.25, -0.2) is 0 Å². The van der Waals surface area contributed by atoms with Crippen LogP contribution >= 0.6 is 0 Å². The van der Waals surface area contributed by atoms with Gasteiger partial charge in [0.25, 0.3) is 19.4 Å². The molecule has 0 aromatic heterocycles. The number of carbonyl (C=O) groups excluding carboxylic acids is 3. The quantitative estimate of drug-likeness (QED) is 0.395. The molecule has 0 bridgehead atoms. The molecule has 0 saturated carbocycles. The topological polar surface area (TPSA) is 109 Å². The summed E-state index contributed by atoms with van der Waals surface area (Å²) in [7, 11) is 0. The van der Waals surface area contributed by atoms with Gasteiger partial charge in [-0.1, -0.05) is 6.58 Å². The van der Waals surface area contributed by atoms with Crippen molar-refractivity contribution in [1.82, 2.24) is 5.32 Å². The lowest BCUT2D eigenvalue weighted by molar-refractivity contribution is -0.280. The molecule has 0 aliphatic carbocycles. The van der Waals surface area contributed by atoms with E-state index in [0.29, 0.717) is 0 Å². The van der Waals surface area contributed by atoms with Crippen LogP contribution in [-0.2, 0) is 38.1 Å². The normalized spacial score (nSPS) is 30.1. The highest BCUT2D eigenvalue weighted by Crippen LogP contribution is 2.27. The Kier molecular flexibility index (Phi) is 8.06. The van der Waals surface area contributed by atoms with Crippen LogP contribution in [0.4, 0.5) is 0 Å². The third-order valence-corrected chi connectivity index (χ3v) is 3.12. The van der Waals surface area contributed by atoms with Gasteiger partial charge in [0.15, 0.2) is 18.5 Å². The van der Waals surface area contributed by atoms with Crippen molar-refractivity contribution in [3.8, 4) is 0 Å². The molecule has 1 heterocycles. The van der Waals surface area contributed by atoms with Crippen molar-refractivity contribution < 1.29 is 38.1 Å². The second kappa shape index (κ2) is 9.80. The molecular weight excluding hydrogens is 310 g/mol. The molecule has 5 atom stereocenters. The molecule has 1 N–H and O–H groups in total. The van der Waals surface area contributed by atoms with Gasteiger partial charge in [-0.05, 0) is 20.0 Å². The Morgan fingerprint density at radius 3 is 2.30 bits per heavy atom. The smallest absolute Gasteiger partial charge is 0.293 e. The van der Waals surface area contributed by atoms with Crippen LogP contribution in [0, 0.1) is 0 Å². The number of carbonyl (C=O) groups is 3. The SMILES string of the molecule is C=CN[C@H]1C(OC(C)C)O[C@H](COC=O)[C@@H](OC=O)[C@@H]1OC=O. The fourth-order valence-corrected chi connectivity index (χ4v) is 2.32. The molecule has 23 heavy (non-hydrogen) atoms. The predicted octanol–water partition coefficient (Wildman–Crippen LogP) is -0.506. The Hall–Kier alpha value is -2.13. The minimum absolute atomic E-state index is 0.192. The van der Waals surface area contributed by atoms with Crippen LogP contribution < -0.4 is 5.32 Å². The molecular formula is C14H21NO8.